The molecular weight excluding hydrogens is 347 g/mol. The predicted molar refractivity (Wildman–Crippen MR) is 101 cm³/mol. The van der Waals surface area contributed by atoms with Gasteiger partial charge in [-0.1, -0.05) is 12.1 Å². The van der Waals surface area contributed by atoms with Gasteiger partial charge in [-0.05, 0) is 50.8 Å². The average molecular weight is 374 g/mol. The molecule has 1 aromatic rings. The van der Waals surface area contributed by atoms with Gasteiger partial charge in [0.1, 0.15) is 5.82 Å². The van der Waals surface area contributed by atoms with Gasteiger partial charge in [0.15, 0.2) is 0 Å². The Hall–Kier alpha value is -2.15. The minimum atomic E-state index is -0.455. The number of hydrogen-bond acceptors (Lipinski definition) is 3. The minimum Gasteiger partial charge on any atom is -0.335 e. The third-order valence-electron chi connectivity index (χ3n) is 6.08. The lowest BCUT2D eigenvalue weighted by Crippen LogP contribution is -2.51. The van der Waals surface area contributed by atoms with Crippen molar-refractivity contribution in [1.82, 2.24) is 15.1 Å². The first-order chi connectivity index (χ1) is 13.1. The summed E-state index contributed by atoms with van der Waals surface area (Å²) in [7, 11) is 0. The number of carbonyl (C=O) groups is 2. The molecule has 0 radical (unpaired) electrons. The van der Waals surface area contributed by atoms with E-state index in [1.54, 1.807) is 23.1 Å². The number of halogens is 1. The maximum atomic E-state index is 13.8. The van der Waals surface area contributed by atoms with Crippen molar-refractivity contribution in [3.8, 4) is 0 Å². The Morgan fingerprint density at radius 3 is 2.78 bits per heavy atom. The summed E-state index contributed by atoms with van der Waals surface area (Å²) in [6.07, 6.45) is 4.76. The Morgan fingerprint density at radius 2 is 1.93 bits per heavy atom. The van der Waals surface area contributed by atoms with Crippen molar-refractivity contribution in [2.45, 2.75) is 44.2 Å². The highest BCUT2D eigenvalue weighted by Crippen LogP contribution is 2.31. The molecule has 3 aliphatic rings. The monoisotopic (exact) mass is 374 g/mol. The largest absolute Gasteiger partial charge is 0.335 e. The summed E-state index contributed by atoms with van der Waals surface area (Å²) in [5, 5.41) is 6.06. The van der Waals surface area contributed by atoms with E-state index in [0.717, 1.165) is 45.2 Å². The molecule has 3 fully saturated rings. The van der Waals surface area contributed by atoms with Crippen LogP contribution >= 0.6 is 0 Å². The SMILES string of the molecule is O=C(Nc1ccccc1F)N1CCCC(C(=O)N2C3CCNCC2CC3)C1. The van der Waals surface area contributed by atoms with Gasteiger partial charge in [0, 0.05) is 31.7 Å². The van der Waals surface area contributed by atoms with Gasteiger partial charge in [-0.25, -0.2) is 9.18 Å². The molecule has 3 aliphatic heterocycles. The number of hydrogen-bond donors (Lipinski definition) is 2. The molecule has 3 amide bonds. The molecule has 3 heterocycles. The number of fused-ring (bicyclic) bond motifs is 2. The van der Waals surface area contributed by atoms with E-state index < -0.39 is 5.82 Å². The van der Waals surface area contributed by atoms with E-state index in [9.17, 15) is 14.0 Å². The second kappa shape index (κ2) is 7.84. The number of benzene rings is 1. The van der Waals surface area contributed by atoms with Crippen molar-refractivity contribution >= 4 is 17.6 Å². The highest BCUT2D eigenvalue weighted by molar-refractivity contribution is 5.90. The van der Waals surface area contributed by atoms with Crippen LogP contribution in [0.25, 0.3) is 0 Å². The standard InChI is InChI=1S/C20H27FN4O2/c21-17-5-1-2-6-18(17)23-20(27)24-11-3-4-14(13-24)19(26)25-15-7-8-16(25)12-22-10-9-15/h1-2,5-6,14-16,22H,3-4,7-13H2,(H,23,27). The van der Waals surface area contributed by atoms with Gasteiger partial charge in [-0.15, -0.1) is 0 Å². The molecular formula is C20H27FN4O2. The Morgan fingerprint density at radius 1 is 1.11 bits per heavy atom. The Balaban J connectivity index is 1.41. The van der Waals surface area contributed by atoms with E-state index in [4.69, 9.17) is 0 Å². The topological polar surface area (TPSA) is 64.7 Å². The number of rotatable bonds is 2. The number of nitrogens with zero attached hydrogens (tertiary/aromatic N) is 2. The smallest absolute Gasteiger partial charge is 0.321 e. The molecule has 3 unspecified atom stereocenters. The highest BCUT2D eigenvalue weighted by Gasteiger charge is 2.41. The molecule has 27 heavy (non-hydrogen) atoms. The molecule has 0 spiro atoms. The van der Waals surface area contributed by atoms with E-state index in [1.165, 1.54) is 6.07 Å². The number of anilines is 1. The number of nitrogens with one attached hydrogen (secondary N) is 2. The van der Waals surface area contributed by atoms with Gasteiger partial charge in [0.05, 0.1) is 11.6 Å². The Kier molecular flexibility index (Phi) is 5.29. The lowest BCUT2D eigenvalue weighted by atomic mass is 9.96. The van der Waals surface area contributed by atoms with E-state index in [0.29, 0.717) is 19.1 Å². The van der Waals surface area contributed by atoms with Crippen molar-refractivity contribution in [3.63, 3.8) is 0 Å². The summed E-state index contributed by atoms with van der Waals surface area (Å²) < 4.78 is 13.8. The molecule has 0 aromatic heterocycles. The number of carbonyl (C=O) groups excluding carboxylic acids is 2. The average Bonchev–Trinajstić information content (AvgIpc) is 2.95. The normalized spacial score (nSPS) is 28.0. The summed E-state index contributed by atoms with van der Waals surface area (Å²) >= 11 is 0. The maximum Gasteiger partial charge on any atom is 0.321 e. The molecule has 0 aliphatic carbocycles. The summed E-state index contributed by atoms with van der Waals surface area (Å²) in [5.41, 5.74) is 0.174. The predicted octanol–water partition coefficient (Wildman–Crippen LogP) is 2.42. The van der Waals surface area contributed by atoms with Gasteiger partial charge in [0.2, 0.25) is 5.91 Å². The first kappa shape index (κ1) is 18.2. The third kappa shape index (κ3) is 3.78. The summed E-state index contributed by atoms with van der Waals surface area (Å²) in [6, 6.07) is 6.42. The van der Waals surface area contributed by atoms with Crippen LogP contribution in [0.4, 0.5) is 14.9 Å². The molecule has 2 N–H and O–H groups in total. The van der Waals surface area contributed by atoms with Crippen LogP contribution in [0.5, 0.6) is 0 Å². The van der Waals surface area contributed by atoms with Crippen LogP contribution in [0, 0.1) is 11.7 Å². The van der Waals surface area contributed by atoms with Crippen LogP contribution in [0.2, 0.25) is 0 Å². The summed E-state index contributed by atoms with van der Waals surface area (Å²) in [4.78, 5) is 29.5. The number of amides is 3. The first-order valence-electron chi connectivity index (χ1n) is 9.97. The van der Waals surface area contributed by atoms with Crippen molar-refractivity contribution in [3.05, 3.63) is 30.1 Å². The second-order valence-corrected chi connectivity index (χ2v) is 7.82. The van der Waals surface area contributed by atoms with Crippen molar-refractivity contribution in [2.75, 3.05) is 31.5 Å². The fourth-order valence-corrected chi connectivity index (χ4v) is 4.67. The molecule has 4 rings (SSSR count). The van der Waals surface area contributed by atoms with E-state index in [1.807, 2.05) is 0 Å². The minimum absolute atomic E-state index is 0.161. The lowest BCUT2D eigenvalue weighted by Gasteiger charge is -2.37. The van der Waals surface area contributed by atoms with Crippen LogP contribution in [0.3, 0.4) is 0 Å². The molecule has 2 bridgehead atoms. The fraction of sp³-hybridized carbons (Fsp3) is 0.600. The first-order valence-corrected chi connectivity index (χ1v) is 9.97. The van der Waals surface area contributed by atoms with Gasteiger partial charge in [-0.3, -0.25) is 4.79 Å². The van der Waals surface area contributed by atoms with Crippen molar-refractivity contribution in [2.24, 2.45) is 5.92 Å². The van der Waals surface area contributed by atoms with Crippen LogP contribution in [0.15, 0.2) is 24.3 Å². The summed E-state index contributed by atoms with van der Waals surface area (Å²) in [5.74, 6) is -0.426. The van der Waals surface area contributed by atoms with Crippen molar-refractivity contribution < 1.29 is 14.0 Å². The van der Waals surface area contributed by atoms with E-state index in [2.05, 4.69) is 15.5 Å². The fourth-order valence-electron chi connectivity index (χ4n) is 4.67. The highest BCUT2D eigenvalue weighted by atomic mass is 19.1. The van der Waals surface area contributed by atoms with Crippen LogP contribution in [0.1, 0.15) is 32.1 Å². The molecule has 146 valence electrons. The third-order valence-corrected chi connectivity index (χ3v) is 6.08. The van der Waals surface area contributed by atoms with Gasteiger partial charge in [0.25, 0.3) is 0 Å². The molecule has 0 saturated carbocycles. The van der Waals surface area contributed by atoms with Gasteiger partial charge in [-0.2, -0.15) is 0 Å². The van der Waals surface area contributed by atoms with E-state index >= 15 is 0 Å². The lowest BCUT2D eigenvalue weighted by molar-refractivity contribution is -0.139. The zero-order valence-corrected chi connectivity index (χ0v) is 15.5. The number of piperidine rings is 1. The molecule has 6 nitrogen and oxygen atoms in total. The van der Waals surface area contributed by atoms with Gasteiger partial charge < -0.3 is 20.4 Å². The van der Waals surface area contributed by atoms with Gasteiger partial charge >= 0.3 is 6.03 Å². The zero-order valence-electron chi connectivity index (χ0n) is 15.5. The second-order valence-electron chi connectivity index (χ2n) is 7.82. The molecule has 3 saturated heterocycles. The quantitative estimate of drug-likeness (QED) is 0.836. The van der Waals surface area contributed by atoms with Crippen LogP contribution in [-0.2, 0) is 4.79 Å². The molecule has 7 heteroatoms. The van der Waals surface area contributed by atoms with E-state index in [-0.39, 0.29) is 29.6 Å². The van der Waals surface area contributed by atoms with Crippen LogP contribution in [-0.4, -0.2) is 60.0 Å². The maximum absolute atomic E-state index is 13.8. The molecule has 3 atom stereocenters. The molecule has 1 aromatic carbocycles. The van der Waals surface area contributed by atoms with Crippen molar-refractivity contribution in [1.29, 1.82) is 0 Å². The summed E-state index contributed by atoms with van der Waals surface area (Å²) in [6.45, 7) is 2.83. The Labute approximate surface area is 159 Å². The number of para-hydroxylation sites is 1. The number of urea groups is 1. The number of likely N-dealkylation sites (tertiary alicyclic amines) is 1. The Bertz CT molecular complexity index is 699. The zero-order chi connectivity index (χ0) is 18.8. The van der Waals surface area contributed by atoms with Crippen LogP contribution < -0.4 is 10.6 Å².